The molecule has 1 fully saturated rings. The summed E-state index contributed by atoms with van der Waals surface area (Å²) in [5.74, 6) is 0.526. The van der Waals surface area contributed by atoms with Crippen LogP contribution >= 0.6 is 0 Å². The van der Waals surface area contributed by atoms with Crippen molar-refractivity contribution in [3.8, 4) is 0 Å². The van der Waals surface area contributed by atoms with E-state index < -0.39 is 0 Å². The molecule has 1 saturated carbocycles. The normalized spacial score (nSPS) is 18.1. The van der Waals surface area contributed by atoms with Crippen LogP contribution in [0.15, 0.2) is 18.2 Å². The summed E-state index contributed by atoms with van der Waals surface area (Å²) in [6, 6.07) is 6.51. The van der Waals surface area contributed by atoms with Crippen molar-refractivity contribution in [3.63, 3.8) is 0 Å². The van der Waals surface area contributed by atoms with Crippen molar-refractivity contribution in [2.45, 2.75) is 25.8 Å². The molecule has 1 N–H and O–H groups in total. The van der Waals surface area contributed by atoms with Gasteiger partial charge in [0.25, 0.3) is 0 Å². The molecule has 0 radical (unpaired) electrons. The molecule has 1 aliphatic carbocycles. The van der Waals surface area contributed by atoms with E-state index in [4.69, 9.17) is 0 Å². The third kappa shape index (κ3) is 2.14. The minimum atomic E-state index is 0.225. The molecule has 1 aromatic carbocycles. The number of likely N-dealkylation sites (N-methyl/N-ethyl adjacent to an activating group) is 1. The summed E-state index contributed by atoms with van der Waals surface area (Å²) in [5.41, 5.74) is 3.96. The molecular weight excluding hydrogens is 212 g/mol. The van der Waals surface area contributed by atoms with Gasteiger partial charge in [0.05, 0.1) is 0 Å². The predicted octanol–water partition coefficient (Wildman–Crippen LogP) is 1.71. The van der Waals surface area contributed by atoms with Crippen molar-refractivity contribution < 1.29 is 4.79 Å². The fraction of sp³-hybridized carbons (Fsp3) is 0.500. The smallest absolute Gasteiger partial charge is 0.223 e. The highest BCUT2D eigenvalue weighted by atomic mass is 16.2. The quantitative estimate of drug-likeness (QED) is 0.857. The fourth-order valence-corrected chi connectivity index (χ4v) is 2.41. The number of nitrogens with one attached hydrogen (secondary N) is 1. The molecule has 1 aliphatic heterocycles. The topological polar surface area (TPSA) is 32.3 Å². The van der Waals surface area contributed by atoms with Crippen LogP contribution in [0.1, 0.15) is 24.0 Å². The first kappa shape index (κ1) is 10.6. The first-order valence-corrected chi connectivity index (χ1v) is 6.35. The average Bonchev–Trinajstić information content (AvgIpc) is 3.12. The molecule has 17 heavy (non-hydrogen) atoms. The molecule has 0 spiro atoms. The van der Waals surface area contributed by atoms with Crippen molar-refractivity contribution >= 4 is 11.6 Å². The summed E-state index contributed by atoms with van der Waals surface area (Å²) in [6.45, 7) is 1.78. The number of rotatable bonds is 3. The molecule has 3 nitrogen and oxygen atoms in total. The highest BCUT2D eigenvalue weighted by Gasteiger charge is 2.29. The zero-order valence-electron chi connectivity index (χ0n) is 10.2. The van der Waals surface area contributed by atoms with Gasteiger partial charge in [-0.3, -0.25) is 4.79 Å². The maximum absolute atomic E-state index is 11.5. The molecular formula is C14H18N2O. The Hall–Kier alpha value is -1.51. The van der Waals surface area contributed by atoms with Crippen molar-refractivity contribution in [2.24, 2.45) is 5.92 Å². The summed E-state index contributed by atoms with van der Waals surface area (Å²) in [7, 11) is 2.13. The van der Waals surface area contributed by atoms with Gasteiger partial charge in [-0.25, -0.2) is 0 Å². The van der Waals surface area contributed by atoms with Gasteiger partial charge < -0.3 is 10.2 Å². The van der Waals surface area contributed by atoms with Gasteiger partial charge in [0, 0.05) is 31.7 Å². The van der Waals surface area contributed by atoms with Crippen LogP contribution in [0, 0.1) is 5.92 Å². The number of carbonyl (C=O) groups excluding carboxylic acids is 1. The molecule has 1 heterocycles. The molecule has 0 aromatic heterocycles. The molecule has 2 aliphatic rings. The van der Waals surface area contributed by atoms with E-state index in [9.17, 15) is 4.79 Å². The minimum Gasteiger partial charge on any atom is -0.374 e. The standard InChI is InChI=1S/C14H18N2O/c1-16-7-6-12-8-10(2-5-13(12)16)9-15-14(17)11-3-4-11/h2,5,8,11H,3-4,6-7,9H2,1H3,(H,15,17). The summed E-state index contributed by atoms with van der Waals surface area (Å²) < 4.78 is 0. The number of benzene rings is 1. The van der Waals surface area contributed by atoms with Gasteiger partial charge in [-0.2, -0.15) is 0 Å². The lowest BCUT2D eigenvalue weighted by Gasteiger charge is -2.12. The van der Waals surface area contributed by atoms with Crippen molar-refractivity contribution in [1.29, 1.82) is 0 Å². The van der Waals surface area contributed by atoms with Gasteiger partial charge in [-0.05, 0) is 36.5 Å². The van der Waals surface area contributed by atoms with Crippen LogP contribution in [0.3, 0.4) is 0 Å². The van der Waals surface area contributed by atoms with Gasteiger partial charge in [-0.15, -0.1) is 0 Å². The first-order valence-electron chi connectivity index (χ1n) is 6.35. The Morgan fingerprint density at radius 2 is 2.29 bits per heavy atom. The van der Waals surface area contributed by atoms with E-state index >= 15 is 0 Å². The second-order valence-corrected chi connectivity index (χ2v) is 5.13. The van der Waals surface area contributed by atoms with Crippen molar-refractivity contribution in [2.75, 3.05) is 18.5 Å². The largest absolute Gasteiger partial charge is 0.374 e. The predicted molar refractivity (Wildman–Crippen MR) is 68.0 cm³/mol. The maximum Gasteiger partial charge on any atom is 0.223 e. The third-order valence-corrected chi connectivity index (χ3v) is 3.69. The number of hydrogen-bond donors (Lipinski definition) is 1. The monoisotopic (exact) mass is 230 g/mol. The van der Waals surface area contributed by atoms with Crippen molar-refractivity contribution in [1.82, 2.24) is 5.32 Å². The van der Waals surface area contributed by atoms with E-state index in [0.29, 0.717) is 12.5 Å². The number of hydrogen-bond acceptors (Lipinski definition) is 2. The SMILES string of the molecule is CN1CCc2cc(CNC(=O)C3CC3)ccc21. The third-order valence-electron chi connectivity index (χ3n) is 3.69. The number of fused-ring (bicyclic) bond motifs is 1. The van der Waals surface area contributed by atoms with Crippen LogP contribution in [0.4, 0.5) is 5.69 Å². The van der Waals surface area contributed by atoms with Crippen LogP contribution in [-0.2, 0) is 17.8 Å². The highest BCUT2D eigenvalue weighted by Crippen LogP contribution is 2.29. The Morgan fingerprint density at radius 1 is 1.47 bits per heavy atom. The Morgan fingerprint density at radius 3 is 3.06 bits per heavy atom. The lowest BCUT2D eigenvalue weighted by Crippen LogP contribution is -2.24. The Bertz CT molecular complexity index is 452. The fourth-order valence-electron chi connectivity index (χ4n) is 2.41. The van der Waals surface area contributed by atoms with E-state index in [-0.39, 0.29) is 5.91 Å². The number of carbonyl (C=O) groups is 1. The average molecular weight is 230 g/mol. The van der Waals surface area contributed by atoms with Gasteiger partial charge in [-0.1, -0.05) is 12.1 Å². The lowest BCUT2D eigenvalue weighted by molar-refractivity contribution is -0.122. The van der Waals surface area contributed by atoms with Gasteiger partial charge in [0.15, 0.2) is 0 Å². The van der Waals surface area contributed by atoms with Gasteiger partial charge >= 0.3 is 0 Å². The number of nitrogens with zero attached hydrogens (tertiary/aromatic N) is 1. The van der Waals surface area contributed by atoms with Gasteiger partial charge in [0.1, 0.15) is 0 Å². The summed E-state index contributed by atoms with van der Waals surface area (Å²) in [6.07, 6.45) is 3.26. The van der Waals surface area contributed by atoms with E-state index in [1.54, 1.807) is 0 Å². The lowest BCUT2D eigenvalue weighted by atomic mass is 10.1. The zero-order chi connectivity index (χ0) is 11.8. The molecule has 1 aromatic rings. The Kier molecular flexibility index (Phi) is 2.54. The molecule has 0 saturated heterocycles. The molecule has 0 bridgehead atoms. The second-order valence-electron chi connectivity index (χ2n) is 5.13. The van der Waals surface area contributed by atoms with Crippen molar-refractivity contribution in [3.05, 3.63) is 29.3 Å². The summed E-state index contributed by atoms with van der Waals surface area (Å²) in [4.78, 5) is 13.8. The summed E-state index contributed by atoms with van der Waals surface area (Å²) >= 11 is 0. The highest BCUT2D eigenvalue weighted by molar-refractivity contribution is 5.80. The Balaban J connectivity index is 1.65. The van der Waals surface area contributed by atoms with Crippen LogP contribution < -0.4 is 10.2 Å². The van der Waals surface area contributed by atoms with Gasteiger partial charge in [0.2, 0.25) is 5.91 Å². The molecule has 3 heteroatoms. The zero-order valence-corrected chi connectivity index (χ0v) is 10.2. The molecule has 90 valence electrons. The van der Waals surface area contributed by atoms with E-state index in [0.717, 1.165) is 25.8 Å². The van der Waals surface area contributed by atoms with Crippen LogP contribution in [0.5, 0.6) is 0 Å². The Labute approximate surface area is 102 Å². The number of anilines is 1. The second kappa shape index (κ2) is 4.06. The van der Waals surface area contributed by atoms with E-state index in [1.165, 1.54) is 16.8 Å². The maximum atomic E-state index is 11.5. The summed E-state index contributed by atoms with van der Waals surface area (Å²) in [5, 5.41) is 3.01. The van der Waals surface area contributed by atoms with E-state index in [2.05, 4.69) is 35.5 Å². The molecule has 0 unspecified atom stereocenters. The first-order chi connectivity index (χ1) is 8.24. The molecule has 3 rings (SSSR count). The van der Waals surface area contributed by atoms with Crippen LogP contribution in [-0.4, -0.2) is 19.5 Å². The van der Waals surface area contributed by atoms with Crippen LogP contribution in [0.2, 0.25) is 0 Å². The number of amides is 1. The van der Waals surface area contributed by atoms with E-state index in [1.807, 2.05) is 0 Å². The minimum absolute atomic E-state index is 0.225. The molecule has 1 amide bonds. The molecule has 0 atom stereocenters. The van der Waals surface area contributed by atoms with Crippen LogP contribution in [0.25, 0.3) is 0 Å².